The van der Waals surface area contributed by atoms with Crippen LogP contribution >= 0.6 is 23.2 Å². The molecule has 0 radical (unpaired) electrons. The molecule has 0 saturated carbocycles. The molecule has 0 fully saturated rings. The minimum Gasteiger partial charge on any atom is -0.529 e. The van der Waals surface area contributed by atoms with Crippen LogP contribution in [0.3, 0.4) is 0 Å². The first-order valence-electron chi connectivity index (χ1n) is 10.9. The molecule has 0 saturated heterocycles. The second-order valence-electron chi connectivity index (χ2n) is 8.04. The van der Waals surface area contributed by atoms with E-state index in [1.54, 1.807) is 24.3 Å². The zero-order valence-corrected chi connectivity index (χ0v) is 21.4. The Balaban J connectivity index is 1.58. The summed E-state index contributed by atoms with van der Waals surface area (Å²) in [4.78, 5) is 16.2. The van der Waals surface area contributed by atoms with Crippen LogP contribution in [0.15, 0.2) is 65.6 Å². The van der Waals surface area contributed by atoms with Crippen molar-refractivity contribution in [3.8, 4) is 5.69 Å². The molecule has 0 aliphatic heterocycles. The van der Waals surface area contributed by atoms with Crippen LogP contribution < -0.4 is 5.11 Å². The monoisotopic (exact) mass is 530 g/mol. The van der Waals surface area contributed by atoms with Gasteiger partial charge in [-0.2, -0.15) is 0 Å². The van der Waals surface area contributed by atoms with Gasteiger partial charge in [0.25, 0.3) is 10.0 Å². The van der Waals surface area contributed by atoms with E-state index in [9.17, 15) is 18.3 Å². The lowest BCUT2D eigenvalue weighted by molar-refractivity contribution is -0.259. The van der Waals surface area contributed by atoms with Crippen molar-refractivity contribution < 1.29 is 18.3 Å². The van der Waals surface area contributed by atoms with Crippen LogP contribution in [-0.2, 0) is 22.9 Å². The van der Waals surface area contributed by atoms with Crippen LogP contribution in [0, 0.1) is 6.92 Å². The molecule has 1 heterocycles. The van der Waals surface area contributed by atoms with E-state index >= 15 is 0 Å². The number of fused-ring (bicyclic) bond motifs is 1. The van der Waals surface area contributed by atoms with Gasteiger partial charge < -0.3 is 9.90 Å². The minimum absolute atomic E-state index is 0.0968. The minimum atomic E-state index is -4.24. The van der Waals surface area contributed by atoms with Gasteiger partial charge in [0.1, 0.15) is 5.82 Å². The average Bonchev–Trinajstić information content (AvgIpc) is 3.17. The Morgan fingerprint density at radius 3 is 2.26 bits per heavy atom. The van der Waals surface area contributed by atoms with E-state index in [0.29, 0.717) is 20.8 Å². The first-order chi connectivity index (χ1) is 16.6. The third-order valence-corrected chi connectivity index (χ3v) is 8.19. The first-order valence-corrected chi connectivity index (χ1v) is 13.1. The van der Waals surface area contributed by atoms with Crippen molar-refractivity contribution in [1.82, 2.24) is 13.9 Å². The standard InChI is InChI=1S/C25H23Cl2N3O4S/c1-3-24-28-22-14-20(26)21(27)15-23(22)30(24)18-8-6-17(7-9-18)12-13-29(25(31)32)35(33,34)19-10-4-16(2)5-11-19/h4-11,14-15H,3,12-13H2,1-2H3,(H,31,32)/p-1. The number of carboxylic acid groups (broad SMARTS) is 1. The van der Waals surface area contributed by atoms with Gasteiger partial charge >= 0.3 is 0 Å². The van der Waals surface area contributed by atoms with Gasteiger partial charge in [-0.15, -0.1) is 0 Å². The van der Waals surface area contributed by atoms with Crippen molar-refractivity contribution in [3.63, 3.8) is 0 Å². The number of hydrogen-bond acceptors (Lipinski definition) is 5. The molecule has 35 heavy (non-hydrogen) atoms. The average molecular weight is 531 g/mol. The number of halogens is 2. The van der Waals surface area contributed by atoms with Crippen molar-refractivity contribution in [2.24, 2.45) is 0 Å². The highest BCUT2D eigenvalue weighted by atomic mass is 35.5. The second kappa shape index (κ2) is 9.89. The highest BCUT2D eigenvalue weighted by Gasteiger charge is 2.24. The van der Waals surface area contributed by atoms with Gasteiger partial charge in [-0.05, 0) is 55.3 Å². The van der Waals surface area contributed by atoms with E-state index in [2.05, 4.69) is 4.98 Å². The number of carbonyl (C=O) groups excluding carboxylic acids is 1. The molecule has 7 nitrogen and oxygen atoms in total. The summed E-state index contributed by atoms with van der Waals surface area (Å²) in [6.07, 6.45) is -0.898. The van der Waals surface area contributed by atoms with Crippen molar-refractivity contribution in [3.05, 3.63) is 87.7 Å². The number of nitrogens with zero attached hydrogens (tertiary/aromatic N) is 3. The highest BCUT2D eigenvalue weighted by molar-refractivity contribution is 7.89. The summed E-state index contributed by atoms with van der Waals surface area (Å²) in [5.74, 6) is 0.832. The molecule has 3 aromatic carbocycles. The molecule has 4 rings (SSSR count). The fourth-order valence-corrected chi connectivity index (χ4v) is 5.42. The number of rotatable bonds is 7. The molecule has 1 amide bonds. The lowest BCUT2D eigenvalue weighted by Gasteiger charge is -2.24. The lowest BCUT2D eigenvalue weighted by Crippen LogP contribution is -2.45. The Hall–Kier alpha value is -3.07. The molecule has 0 spiro atoms. The van der Waals surface area contributed by atoms with E-state index < -0.39 is 16.1 Å². The van der Waals surface area contributed by atoms with Crippen molar-refractivity contribution in [1.29, 1.82) is 0 Å². The van der Waals surface area contributed by atoms with Crippen LogP contribution in [-0.4, -0.2) is 34.9 Å². The summed E-state index contributed by atoms with van der Waals surface area (Å²) in [5.41, 5.74) is 4.02. The molecule has 182 valence electrons. The van der Waals surface area contributed by atoms with Crippen LogP contribution in [0.1, 0.15) is 23.9 Å². The summed E-state index contributed by atoms with van der Waals surface area (Å²) in [5, 5.41) is 12.5. The molecular formula is C25H22Cl2N3O4S-. The zero-order valence-electron chi connectivity index (χ0n) is 19.0. The number of aryl methyl sites for hydroxylation is 2. The van der Waals surface area contributed by atoms with E-state index in [-0.39, 0.29) is 17.9 Å². The number of aromatic nitrogens is 2. The van der Waals surface area contributed by atoms with Crippen LogP contribution in [0.5, 0.6) is 0 Å². The predicted molar refractivity (Wildman–Crippen MR) is 135 cm³/mol. The number of carbonyl (C=O) groups is 1. The fourth-order valence-electron chi connectivity index (χ4n) is 3.84. The Morgan fingerprint density at radius 1 is 1.03 bits per heavy atom. The third kappa shape index (κ3) is 5.00. The first kappa shape index (κ1) is 25.0. The maximum Gasteiger partial charge on any atom is 0.265 e. The Labute approximate surface area is 213 Å². The molecule has 0 N–H and O–H groups in total. The van der Waals surface area contributed by atoms with Gasteiger partial charge in [-0.3, -0.25) is 8.87 Å². The third-order valence-electron chi connectivity index (χ3n) is 5.69. The molecule has 0 bridgehead atoms. The molecule has 1 aromatic heterocycles. The van der Waals surface area contributed by atoms with Crippen molar-refractivity contribution >= 4 is 50.4 Å². The van der Waals surface area contributed by atoms with E-state index in [1.807, 2.05) is 42.7 Å². The van der Waals surface area contributed by atoms with Gasteiger partial charge in [0, 0.05) is 18.7 Å². The maximum absolute atomic E-state index is 12.8. The number of amides is 1. The summed E-state index contributed by atoms with van der Waals surface area (Å²) in [6.45, 7) is 3.55. The fraction of sp³-hybridized carbons (Fsp3) is 0.200. The zero-order chi connectivity index (χ0) is 25.3. The Bertz CT molecular complexity index is 1500. The van der Waals surface area contributed by atoms with Crippen molar-refractivity contribution in [2.45, 2.75) is 31.6 Å². The smallest absolute Gasteiger partial charge is 0.265 e. The van der Waals surface area contributed by atoms with Gasteiger partial charge in [0.15, 0.2) is 6.09 Å². The van der Waals surface area contributed by atoms with Crippen LogP contribution in [0.4, 0.5) is 4.79 Å². The van der Waals surface area contributed by atoms with Crippen LogP contribution in [0.25, 0.3) is 16.7 Å². The highest BCUT2D eigenvalue weighted by Crippen LogP contribution is 2.30. The molecule has 4 aromatic rings. The number of imidazole rings is 1. The van der Waals surface area contributed by atoms with E-state index in [4.69, 9.17) is 23.2 Å². The van der Waals surface area contributed by atoms with Crippen molar-refractivity contribution in [2.75, 3.05) is 6.54 Å². The SMILES string of the molecule is CCc1nc2cc(Cl)c(Cl)cc2n1-c1ccc(CCN(C(=O)[O-])S(=O)(=O)c2ccc(C)cc2)cc1. The molecular weight excluding hydrogens is 509 g/mol. The Morgan fingerprint density at radius 2 is 1.66 bits per heavy atom. The summed E-state index contributed by atoms with van der Waals surface area (Å²) >= 11 is 12.4. The topological polar surface area (TPSA) is 95.3 Å². The van der Waals surface area contributed by atoms with Gasteiger partial charge in [0.05, 0.1) is 26.0 Å². The largest absolute Gasteiger partial charge is 0.529 e. The quantitative estimate of drug-likeness (QED) is 0.342. The van der Waals surface area contributed by atoms with E-state index in [1.165, 1.54) is 12.1 Å². The van der Waals surface area contributed by atoms with Gasteiger partial charge in [0.2, 0.25) is 0 Å². The van der Waals surface area contributed by atoms with Gasteiger partial charge in [-0.1, -0.05) is 60.0 Å². The lowest BCUT2D eigenvalue weighted by atomic mass is 10.1. The number of benzene rings is 3. The normalized spacial score (nSPS) is 11.7. The molecule has 0 atom stereocenters. The molecule has 0 unspecified atom stereocenters. The molecule has 10 heteroatoms. The second-order valence-corrected chi connectivity index (χ2v) is 10.7. The summed E-state index contributed by atoms with van der Waals surface area (Å²) in [7, 11) is -4.24. The van der Waals surface area contributed by atoms with Gasteiger partial charge in [-0.25, -0.2) is 13.4 Å². The summed E-state index contributed by atoms with van der Waals surface area (Å²) in [6, 6.07) is 16.9. The molecule has 0 aliphatic rings. The van der Waals surface area contributed by atoms with Crippen LogP contribution in [0.2, 0.25) is 10.0 Å². The number of sulfonamides is 1. The Kier molecular flexibility index (Phi) is 7.07. The maximum atomic E-state index is 12.8. The summed E-state index contributed by atoms with van der Waals surface area (Å²) < 4.78 is 28.0. The van der Waals surface area contributed by atoms with E-state index in [0.717, 1.165) is 33.7 Å². The predicted octanol–water partition coefficient (Wildman–Crippen LogP) is 4.78. The molecule has 0 aliphatic carbocycles. The number of hydrogen-bond donors (Lipinski definition) is 0.